The van der Waals surface area contributed by atoms with Crippen molar-refractivity contribution in [3.8, 4) is 0 Å². The number of aromatic nitrogens is 1. The Balaban J connectivity index is 1.89. The van der Waals surface area contributed by atoms with Crippen molar-refractivity contribution in [2.24, 2.45) is 5.92 Å². The lowest BCUT2D eigenvalue weighted by molar-refractivity contribution is 0.603. The van der Waals surface area contributed by atoms with Crippen molar-refractivity contribution in [2.75, 3.05) is 11.1 Å². The maximum absolute atomic E-state index is 6.13. The van der Waals surface area contributed by atoms with E-state index in [0.29, 0.717) is 6.04 Å². The summed E-state index contributed by atoms with van der Waals surface area (Å²) in [6.45, 7) is 4.35. The fourth-order valence-corrected chi connectivity index (χ4v) is 3.65. The third-order valence-electron chi connectivity index (χ3n) is 3.72. The molecule has 0 bridgehead atoms. The fourth-order valence-electron chi connectivity index (χ4n) is 2.79. The molecule has 2 aromatic rings. The van der Waals surface area contributed by atoms with Crippen LogP contribution >= 0.6 is 11.3 Å². The summed E-state index contributed by atoms with van der Waals surface area (Å²) in [7, 11) is 0. The molecular weight excluding hydrogens is 242 g/mol. The minimum atomic E-state index is 0.569. The molecule has 18 heavy (non-hydrogen) atoms. The molecule has 4 heteroatoms. The standard InChI is InChI=1S/C14H19N3S/c1-8-3-4-10(5-8)17-12-7-13-14(6-11(12)15)18-9(2)16-13/h6-8,10,17H,3-5,15H2,1-2H3. The lowest BCUT2D eigenvalue weighted by atomic mass is 10.1. The minimum Gasteiger partial charge on any atom is -0.397 e. The Kier molecular flexibility index (Phi) is 2.90. The second-order valence-corrected chi connectivity index (χ2v) is 6.63. The van der Waals surface area contributed by atoms with Gasteiger partial charge >= 0.3 is 0 Å². The number of hydrogen-bond acceptors (Lipinski definition) is 4. The first-order valence-corrected chi connectivity index (χ1v) is 7.36. The third kappa shape index (κ3) is 2.17. The first-order valence-electron chi connectivity index (χ1n) is 6.55. The smallest absolute Gasteiger partial charge is 0.0907 e. The van der Waals surface area contributed by atoms with Gasteiger partial charge in [0.25, 0.3) is 0 Å². The zero-order chi connectivity index (χ0) is 12.7. The van der Waals surface area contributed by atoms with E-state index in [1.807, 2.05) is 13.0 Å². The van der Waals surface area contributed by atoms with Crippen molar-refractivity contribution in [2.45, 2.75) is 39.2 Å². The van der Waals surface area contributed by atoms with Crippen molar-refractivity contribution < 1.29 is 0 Å². The summed E-state index contributed by atoms with van der Waals surface area (Å²) in [5.74, 6) is 0.828. The molecule has 0 radical (unpaired) electrons. The van der Waals surface area contributed by atoms with E-state index in [9.17, 15) is 0 Å². The Labute approximate surface area is 111 Å². The molecule has 3 N–H and O–H groups in total. The van der Waals surface area contributed by atoms with E-state index in [0.717, 1.165) is 27.8 Å². The zero-order valence-electron chi connectivity index (χ0n) is 10.9. The lowest BCUT2D eigenvalue weighted by Crippen LogP contribution is -2.16. The van der Waals surface area contributed by atoms with E-state index in [-0.39, 0.29) is 0 Å². The Hall–Kier alpha value is -1.29. The number of nitrogens with two attached hydrogens (primary N) is 1. The predicted octanol–water partition coefficient (Wildman–Crippen LogP) is 3.79. The van der Waals surface area contributed by atoms with Gasteiger partial charge in [0.1, 0.15) is 0 Å². The first kappa shape index (κ1) is 11.8. The highest BCUT2D eigenvalue weighted by molar-refractivity contribution is 7.18. The molecule has 0 aliphatic heterocycles. The maximum Gasteiger partial charge on any atom is 0.0907 e. The summed E-state index contributed by atoms with van der Waals surface area (Å²) in [6.07, 6.45) is 3.80. The largest absolute Gasteiger partial charge is 0.397 e. The Morgan fingerprint density at radius 1 is 1.39 bits per heavy atom. The molecule has 96 valence electrons. The maximum atomic E-state index is 6.13. The second kappa shape index (κ2) is 4.43. The third-order valence-corrected chi connectivity index (χ3v) is 4.65. The Bertz CT molecular complexity index is 576. The minimum absolute atomic E-state index is 0.569. The van der Waals surface area contributed by atoms with Crippen LogP contribution in [0.5, 0.6) is 0 Å². The topological polar surface area (TPSA) is 50.9 Å². The van der Waals surface area contributed by atoms with Crippen LogP contribution in [0.2, 0.25) is 0 Å². The first-order chi connectivity index (χ1) is 8.61. The van der Waals surface area contributed by atoms with Crippen molar-refractivity contribution in [1.29, 1.82) is 0 Å². The van der Waals surface area contributed by atoms with Crippen LogP contribution < -0.4 is 11.1 Å². The summed E-state index contributed by atoms with van der Waals surface area (Å²) < 4.78 is 1.18. The average Bonchev–Trinajstić information content (AvgIpc) is 2.85. The monoisotopic (exact) mass is 261 g/mol. The zero-order valence-corrected chi connectivity index (χ0v) is 11.7. The van der Waals surface area contributed by atoms with Crippen LogP contribution in [-0.2, 0) is 0 Å². The number of nitrogens with one attached hydrogen (secondary N) is 1. The van der Waals surface area contributed by atoms with Gasteiger partial charge in [0.15, 0.2) is 0 Å². The van der Waals surface area contributed by atoms with Crippen LogP contribution in [0.3, 0.4) is 0 Å². The van der Waals surface area contributed by atoms with Crippen molar-refractivity contribution >= 4 is 32.9 Å². The van der Waals surface area contributed by atoms with Gasteiger partial charge < -0.3 is 11.1 Å². The molecule has 3 rings (SSSR count). The SMILES string of the molecule is Cc1nc2cc(NC3CCC(C)C3)c(N)cc2s1. The van der Waals surface area contributed by atoms with Gasteiger partial charge in [-0.25, -0.2) is 4.98 Å². The number of fused-ring (bicyclic) bond motifs is 1. The molecule has 0 spiro atoms. The number of aryl methyl sites for hydroxylation is 1. The highest BCUT2D eigenvalue weighted by atomic mass is 32.1. The van der Waals surface area contributed by atoms with Crippen LogP contribution in [-0.4, -0.2) is 11.0 Å². The molecule has 1 aliphatic carbocycles. The van der Waals surface area contributed by atoms with Gasteiger partial charge in [-0.1, -0.05) is 6.92 Å². The molecule has 1 saturated carbocycles. The number of nitrogens with zero attached hydrogens (tertiary/aromatic N) is 1. The van der Waals surface area contributed by atoms with E-state index in [2.05, 4.69) is 23.3 Å². The molecule has 0 saturated heterocycles. The van der Waals surface area contributed by atoms with Crippen LogP contribution in [0.1, 0.15) is 31.2 Å². The van der Waals surface area contributed by atoms with Gasteiger partial charge in [-0.2, -0.15) is 0 Å². The van der Waals surface area contributed by atoms with Crippen LogP contribution in [0.25, 0.3) is 10.2 Å². The van der Waals surface area contributed by atoms with E-state index in [1.54, 1.807) is 11.3 Å². The average molecular weight is 261 g/mol. The number of hydrogen-bond donors (Lipinski definition) is 2. The predicted molar refractivity (Wildman–Crippen MR) is 79.2 cm³/mol. The van der Waals surface area contributed by atoms with Crippen LogP contribution in [0.15, 0.2) is 12.1 Å². The van der Waals surface area contributed by atoms with Gasteiger partial charge in [0.05, 0.1) is 26.6 Å². The number of rotatable bonds is 2. The molecule has 2 atom stereocenters. The van der Waals surface area contributed by atoms with Gasteiger partial charge in [-0.3, -0.25) is 0 Å². The number of thiazole rings is 1. The van der Waals surface area contributed by atoms with Crippen molar-refractivity contribution in [3.05, 3.63) is 17.1 Å². The highest BCUT2D eigenvalue weighted by Crippen LogP contribution is 2.33. The highest BCUT2D eigenvalue weighted by Gasteiger charge is 2.21. The van der Waals surface area contributed by atoms with E-state index in [1.165, 1.54) is 24.0 Å². The quantitative estimate of drug-likeness (QED) is 0.809. The fraction of sp³-hybridized carbons (Fsp3) is 0.500. The van der Waals surface area contributed by atoms with Crippen LogP contribution in [0, 0.1) is 12.8 Å². The summed E-state index contributed by atoms with van der Waals surface area (Å²) in [5, 5.41) is 4.67. The summed E-state index contributed by atoms with van der Waals surface area (Å²) in [5.41, 5.74) is 9.07. The molecule has 3 nitrogen and oxygen atoms in total. The second-order valence-electron chi connectivity index (χ2n) is 5.40. The molecule has 1 heterocycles. The molecule has 0 amide bonds. The summed E-state index contributed by atoms with van der Waals surface area (Å²) in [4.78, 5) is 4.53. The van der Waals surface area contributed by atoms with Gasteiger partial charge in [0, 0.05) is 6.04 Å². The van der Waals surface area contributed by atoms with E-state index >= 15 is 0 Å². The van der Waals surface area contributed by atoms with Gasteiger partial charge in [-0.05, 0) is 44.2 Å². The summed E-state index contributed by atoms with van der Waals surface area (Å²) in [6, 6.07) is 4.71. The van der Waals surface area contributed by atoms with E-state index < -0.39 is 0 Å². The van der Waals surface area contributed by atoms with E-state index in [4.69, 9.17) is 5.73 Å². The normalized spacial score (nSPS) is 23.7. The number of benzene rings is 1. The molecule has 1 aromatic heterocycles. The number of anilines is 2. The summed E-state index contributed by atoms with van der Waals surface area (Å²) >= 11 is 1.70. The van der Waals surface area contributed by atoms with Crippen molar-refractivity contribution in [3.63, 3.8) is 0 Å². The Morgan fingerprint density at radius 3 is 2.94 bits per heavy atom. The molecule has 1 aromatic carbocycles. The van der Waals surface area contributed by atoms with Gasteiger partial charge in [-0.15, -0.1) is 11.3 Å². The Morgan fingerprint density at radius 2 is 2.22 bits per heavy atom. The molecular formula is C14H19N3S. The van der Waals surface area contributed by atoms with Crippen molar-refractivity contribution in [1.82, 2.24) is 4.98 Å². The van der Waals surface area contributed by atoms with Gasteiger partial charge in [0.2, 0.25) is 0 Å². The molecule has 1 aliphatic rings. The van der Waals surface area contributed by atoms with Crippen LogP contribution in [0.4, 0.5) is 11.4 Å². The molecule has 1 fully saturated rings. The lowest BCUT2D eigenvalue weighted by Gasteiger charge is -2.15. The molecule has 2 unspecified atom stereocenters. The number of nitrogen functional groups attached to an aromatic ring is 1.